The molecule has 0 aromatic heterocycles. The third-order valence-electron chi connectivity index (χ3n) is 1.53. The van der Waals surface area contributed by atoms with Crippen LogP contribution >= 0.6 is 28.3 Å². The lowest BCUT2D eigenvalue weighted by molar-refractivity contribution is 0.533. The molecule has 0 saturated carbocycles. The summed E-state index contributed by atoms with van der Waals surface area (Å²) in [4.78, 5) is 0. The lowest BCUT2D eigenvalue weighted by atomic mass is 10.1. The molecule has 0 aliphatic rings. The van der Waals surface area contributed by atoms with Gasteiger partial charge in [-0.2, -0.15) is 0 Å². The monoisotopic (exact) mass is 271 g/mol. The van der Waals surface area contributed by atoms with Gasteiger partial charge in [0.25, 0.3) is 0 Å². The molecule has 1 rings (SSSR count). The Morgan fingerprint density at radius 1 is 1.38 bits per heavy atom. The number of benzene rings is 1. The van der Waals surface area contributed by atoms with Gasteiger partial charge < -0.3 is 5.73 Å². The summed E-state index contributed by atoms with van der Waals surface area (Å²) in [6.07, 6.45) is 0. The fourth-order valence-corrected chi connectivity index (χ4v) is 1.31. The van der Waals surface area contributed by atoms with E-state index in [-0.39, 0.29) is 22.4 Å². The van der Waals surface area contributed by atoms with Crippen molar-refractivity contribution >= 4 is 28.3 Å². The van der Waals surface area contributed by atoms with Crippen LogP contribution in [0.1, 0.15) is 18.5 Å². The Labute approximate surface area is 89.9 Å². The standard InChI is InChI=1S/C8H8BrF2N.ClH/c1-4(12)7-6(10)3-2-5(9)8(7)11;/h2-4H,12H2,1H3;1H/t4-;/m0./s1. The van der Waals surface area contributed by atoms with Crippen molar-refractivity contribution in [1.82, 2.24) is 0 Å². The Morgan fingerprint density at radius 3 is 2.31 bits per heavy atom. The van der Waals surface area contributed by atoms with Crippen molar-refractivity contribution in [2.24, 2.45) is 5.73 Å². The Kier molecular flexibility index (Phi) is 4.81. The van der Waals surface area contributed by atoms with Crippen LogP contribution in [0.4, 0.5) is 8.78 Å². The van der Waals surface area contributed by atoms with Gasteiger partial charge in [-0.05, 0) is 35.0 Å². The van der Waals surface area contributed by atoms with E-state index in [2.05, 4.69) is 15.9 Å². The number of hydrogen-bond donors (Lipinski definition) is 1. The van der Waals surface area contributed by atoms with Gasteiger partial charge in [0.2, 0.25) is 0 Å². The minimum absolute atomic E-state index is 0. The number of nitrogens with two attached hydrogens (primary N) is 1. The van der Waals surface area contributed by atoms with E-state index >= 15 is 0 Å². The van der Waals surface area contributed by atoms with E-state index in [1.807, 2.05) is 0 Å². The summed E-state index contributed by atoms with van der Waals surface area (Å²) in [5.74, 6) is -1.23. The molecule has 1 atom stereocenters. The van der Waals surface area contributed by atoms with Gasteiger partial charge in [-0.25, -0.2) is 8.78 Å². The van der Waals surface area contributed by atoms with Crippen molar-refractivity contribution in [2.45, 2.75) is 13.0 Å². The van der Waals surface area contributed by atoms with Crippen molar-refractivity contribution in [2.75, 3.05) is 0 Å². The van der Waals surface area contributed by atoms with E-state index in [0.29, 0.717) is 0 Å². The second-order valence-electron chi connectivity index (χ2n) is 2.55. The first-order chi connectivity index (χ1) is 5.54. The van der Waals surface area contributed by atoms with Crippen molar-refractivity contribution in [3.63, 3.8) is 0 Å². The third kappa shape index (κ3) is 2.62. The van der Waals surface area contributed by atoms with E-state index in [1.165, 1.54) is 19.1 Å². The van der Waals surface area contributed by atoms with Crippen LogP contribution in [-0.2, 0) is 0 Å². The maximum atomic E-state index is 13.1. The van der Waals surface area contributed by atoms with Crippen molar-refractivity contribution in [3.8, 4) is 0 Å². The van der Waals surface area contributed by atoms with Crippen LogP contribution in [0.5, 0.6) is 0 Å². The van der Waals surface area contributed by atoms with Gasteiger partial charge in [-0.15, -0.1) is 12.4 Å². The summed E-state index contributed by atoms with van der Waals surface area (Å²) in [7, 11) is 0. The molecule has 0 bridgehead atoms. The van der Waals surface area contributed by atoms with Crippen LogP contribution in [0.15, 0.2) is 16.6 Å². The Bertz CT molecular complexity index is 304. The molecule has 0 aliphatic carbocycles. The van der Waals surface area contributed by atoms with E-state index in [1.54, 1.807) is 0 Å². The minimum Gasteiger partial charge on any atom is -0.324 e. The third-order valence-corrected chi connectivity index (χ3v) is 2.15. The second kappa shape index (κ2) is 4.88. The van der Waals surface area contributed by atoms with E-state index in [9.17, 15) is 8.78 Å². The van der Waals surface area contributed by atoms with Gasteiger partial charge >= 0.3 is 0 Å². The van der Waals surface area contributed by atoms with Crippen LogP contribution in [0.3, 0.4) is 0 Å². The molecular weight excluding hydrogens is 263 g/mol. The fourth-order valence-electron chi connectivity index (χ4n) is 0.960. The van der Waals surface area contributed by atoms with Crippen molar-refractivity contribution < 1.29 is 8.78 Å². The van der Waals surface area contributed by atoms with Crippen LogP contribution in [-0.4, -0.2) is 0 Å². The zero-order valence-electron chi connectivity index (χ0n) is 6.85. The molecule has 0 fully saturated rings. The molecule has 0 spiro atoms. The minimum atomic E-state index is -0.637. The molecule has 1 aromatic carbocycles. The number of rotatable bonds is 1. The molecule has 74 valence electrons. The first-order valence-corrected chi connectivity index (χ1v) is 4.22. The van der Waals surface area contributed by atoms with Gasteiger partial charge in [-0.1, -0.05) is 0 Å². The quantitative estimate of drug-likeness (QED) is 0.781. The first-order valence-electron chi connectivity index (χ1n) is 3.43. The van der Waals surface area contributed by atoms with Gasteiger partial charge in [0.15, 0.2) is 0 Å². The van der Waals surface area contributed by atoms with E-state index in [4.69, 9.17) is 5.73 Å². The molecule has 0 radical (unpaired) electrons. The number of hydrogen-bond acceptors (Lipinski definition) is 1. The fraction of sp³-hybridized carbons (Fsp3) is 0.250. The summed E-state index contributed by atoms with van der Waals surface area (Å²) < 4.78 is 26.3. The SMILES string of the molecule is C[C@H](N)c1c(F)ccc(Br)c1F.Cl. The Balaban J connectivity index is 0.00000144. The Morgan fingerprint density at radius 2 is 1.92 bits per heavy atom. The molecule has 0 unspecified atom stereocenters. The second-order valence-corrected chi connectivity index (χ2v) is 3.40. The largest absolute Gasteiger partial charge is 0.324 e. The first kappa shape index (κ1) is 12.8. The predicted octanol–water partition coefficient (Wildman–Crippen LogP) is 3.17. The highest BCUT2D eigenvalue weighted by atomic mass is 79.9. The summed E-state index contributed by atoms with van der Waals surface area (Å²) in [5, 5.41) is 0. The molecular formula is C8H9BrClF2N. The average molecular weight is 273 g/mol. The topological polar surface area (TPSA) is 26.0 Å². The van der Waals surface area contributed by atoms with Crippen molar-refractivity contribution in [1.29, 1.82) is 0 Å². The predicted molar refractivity (Wildman–Crippen MR) is 53.9 cm³/mol. The summed E-state index contributed by atoms with van der Waals surface area (Å²) in [6.45, 7) is 1.54. The van der Waals surface area contributed by atoms with Crippen LogP contribution in [0.25, 0.3) is 0 Å². The number of halogens is 4. The van der Waals surface area contributed by atoms with Gasteiger partial charge in [0.1, 0.15) is 11.6 Å². The van der Waals surface area contributed by atoms with Gasteiger partial charge in [-0.3, -0.25) is 0 Å². The lowest BCUT2D eigenvalue weighted by Crippen LogP contribution is -2.10. The van der Waals surface area contributed by atoms with Crippen LogP contribution in [0, 0.1) is 11.6 Å². The molecule has 2 N–H and O–H groups in total. The summed E-state index contributed by atoms with van der Waals surface area (Å²) in [5.41, 5.74) is 5.30. The molecule has 0 aliphatic heterocycles. The van der Waals surface area contributed by atoms with Gasteiger partial charge in [0, 0.05) is 11.6 Å². The molecule has 13 heavy (non-hydrogen) atoms. The zero-order chi connectivity index (χ0) is 9.30. The van der Waals surface area contributed by atoms with Crippen LogP contribution < -0.4 is 5.73 Å². The zero-order valence-corrected chi connectivity index (χ0v) is 9.25. The maximum absolute atomic E-state index is 13.1. The highest BCUT2D eigenvalue weighted by molar-refractivity contribution is 9.10. The van der Waals surface area contributed by atoms with E-state index < -0.39 is 17.7 Å². The summed E-state index contributed by atoms with van der Waals surface area (Å²) in [6, 6.07) is 1.87. The highest BCUT2D eigenvalue weighted by Gasteiger charge is 2.14. The van der Waals surface area contributed by atoms with Gasteiger partial charge in [0.05, 0.1) is 4.47 Å². The molecule has 5 heteroatoms. The molecule has 1 nitrogen and oxygen atoms in total. The summed E-state index contributed by atoms with van der Waals surface area (Å²) >= 11 is 2.95. The lowest BCUT2D eigenvalue weighted by Gasteiger charge is -2.08. The normalized spacial score (nSPS) is 12.1. The highest BCUT2D eigenvalue weighted by Crippen LogP contribution is 2.25. The van der Waals surface area contributed by atoms with E-state index in [0.717, 1.165) is 0 Å². The van der Waals surface area contributed by atoms with Crippen molar-refractivity contribution in [3.05, 3.63) is 33.8 Å². The maximum Gasteiger partial charge on any atom is 0.145 e. The molecule has 0 heterocycles. The molecule has 0 amide bonds. The average Bonchev–Trinajstić information content (AvgIpc) is 1.97. The molecule has 0 saturated heterocycles. The Hall–Kier alpha value is -0.190. The smallest absolute Gasteiger partial charge is 0.145 e. The van der Waals surface area contributed by atoms with Crippen LogP contribution in [0.2, 0.25) is 0 Å². The molecule has 1 aromatic rings.